The zero-order valence-electron chi connectivity index (χ0n) is 7.17. The molecule has 0 fully saturated rings. The van der Waals surface area contributed by atoms with Crippen molar-refractivity contribution in [2.24, 2.45) is 0 Å². The highest BCUT2D eigenvalue weighted by Gasteiger charge is 2.06. The third-order valence-corrected chi connectivity index (χ3v) is 1.72. The molecule has 0 aliphatic rings. The van der Waals surface area contributed by atoms with E-state index in [2.05, 4.69) is 9.97 Å². The van der Waals surface area contributed by atoms with Crippen LogP contribution in [0.1, 0.15) is 6.92 Å². The summed E-state index contributed by atoms with van der Waals surface area (Å²) in [4.78, 5) is 6.81. The van der Waals surface area contributed by atoms with Crippen molar-refractivity contribution in [2.45, 2.75) is 6.92 Å². The number of nitrogens with zero attached hydrogens (tertiary/aromatic N) is 1. The molecule has 1 aromatic heterocycles. The van der Waals surface area contributed by atoms with Crippen molar-refractivity contribution >= 4 is 11.0 Å². The maximum atomic E-state index is 13.1. The number of hydrogen-bond acceptors (Lipinski definition) is 2. The minimum Gasteiger partial charge on any atom is -0.465 e. The number of fused-ring (bicyclic) bond motifs is 1. The smallest absolute Gasteiger partial charge is 0.294 e. The van der Waals surface area contributed by atoms with E-state index in [1.807, 2.05) is 6.92 Å². The molecule has 0 radical (unpaired) electrons. The second-order valence-corrected chi connectivity index (χ2v) is 2.61. The quantitative estimate of drug-likeness (QED) is 0.768. The third kappa shape index (κ3) is 1.35. The van der Waals surface area contributed by atoms with Crippen LogP contribution in [0.5, 0.6) is 6.01 Å². The molecule has 0 saturated heterocycles. The average Bonchev–Trinajstić information content (AvgIpc) is 2.49. The zero-order chi connectivity index (χ0) is 9.26. The molecule has 1 N–H and O–H groups in total. The third-order valence-electron chi connectivity index (χ3n) is 1.72. The van der Waals surface area contributed by atoms with Crippen molar-refractivity contribution in [1.82, 2.24) is 9.97 Å². The molecule has 0 bridgehead atoms. The normalized spacial score (nSPS) is 10.6. The number of benzene rings is 1. The number of aromatic amines is 1. The highest BCUT2D eigenvalue weighted by molar-refractivity contribution is 5.76. The minimum absolute atomic E-state index is 0.325. The standard InChI is InChI=1S/C9H9FN2O/c1-2-13-9-11-7-5-3-4-6(10)8(7)12-9/h3-5H,2H2,1H3,(H,11,12). The van der Waals surface area contributed by atoms with Gasteiger partial charge in [-0.05, 0) is 19.1 Å². The van der Waals surface area contributed by atoms with Crippen molar-refractivity contribution < 1.29 is 9.13 Å². The van der Waals surface area contributed by atoms with Gasteiger partial charge in [-0.3, -0.25) is 0 Å². The molecule has 0 spiro atoms. The second kappa shape index (κ2) is 3.05. The molecule has 0 saturated carbocycles. The molecule has 68 valence electrons. The molecule has 2 rings (SSSR count). The lowest BCUT2D eigenvalue weighted by Gasteiger charge is -1.93. The number of rotatable bonds is 2. The summed E-state index contributed by atoms with van der Waals surface area (Å²) in [6, 6.07) is 5.13. The Morgan fingerprint density at radius 2 is 2.38 bits per heavy atom. The zero-order valence-corrected chi connectivity index (χ0v) is 7.17. The van der Waals surface area contributed by atoms with Gasteiger partial charge in [0, 0.05) is 0 Å². The highest BCUT2D eigenvalue weighted by Crippen LogP contribution is 2.18. The summed E-state index contributed by atoms with van der Waals surface area (Å²) < 4.78 is 18.2. The van der Waals surface area contributed by atoms with Crippen LogP contribution in [0.25, 0.3) is 11.0 Å². The van der Waals surface area contributed by atoms with Gasteiger partial charge in [0.25, 0.3) is 6.01 Å². The van der Waals surface area contributed by atoms with E-state index in [1.54, 1.807) is 12.1 Å². The fourth-order valence-electron chi connectivity index (χ4n) is 1.18. The molecule has 13 heavy (non-hydrogen) atoms. The van der Waals surface area contributed by atoms with E-state index in [0.29, 0.717) is 23.7 Å². The van der Waals surface area contributed by atoms with Gasteiger partial charge in [-0.1, -0.05) is 6.07 Å². The summed E-state index contributed by atoms with van der Waals surface area (Å²) in [5, 5.41) is 0. The Kier molecular flexibility index (Phi) is 1.88. The van der Waals surface area contributed by atoms with Gasteiger partial charge in [-0.2, -0.15) is 4.98 Å². The van der Waals surface area contributed by atoms with Gasteiger partial charge in [0.05, 0.1) is 12.1 Å². The van der Waals surface area contributed by atoms with E-state index in [0.717, 1.165) is 0 Å². The molecule has 1 heterocycles. The molecular formula is C9H9FN2O. The lowest BCUT2D eigenvalue weighted by molar-refractivity contribution is 0.317. The first kappa shape index (κ1) is 8.04. The topological polar surface area (TPSA) is 37.9 Å². The van der Waals surface area contributed by atoms with E-state index < -0.39 is 0 Å². The van der Waals surface area contributed by atoms with Crippen molar-refractivity contribution in [1.29, 1.82) is 0 Å². The molecular weight excluding hydrogens is 171 g/mol. The van der Waals surface area contributed by atoms with E-state index in [1.165, 1.54) is 6.07 Å². The van der Waals surface area contributed by atoms with E-state index >= 15 is 0 Å². The van der Waals surface area contributed by atoms with Crippen molar-refractivity contribution in [3.63, 3.8) is 0 Å². The summed E-state index contributed by atoms with van der Waals surface area (Å²) in [7, 11) is 0. The van der Waals surface area contributed by atoms with Crippen LogP contribution in [0.2, 0.25) is 0 Å². The molecule has 0 atom stereocenters. The lowest BCUT2D eigenvalue weighted by Crippen LogP contribution is -1.92. The molecule has 0 amide bonds. The Bertz CT molecular complexity index is 424. The summed E-state index contributed by atoms with van der Waals surface area (Å²) in [6.45, 7) is 2.37. The average molecular weight is 180 g/mol. The van der Waals surface area contributed by atoms with Gasteiger partial charge in [-0.25, -0.2) is 4.39 Å². The summed E-state index contributed by atoms with van der Waals surface area (Å²) in [6.07, 6.45) is 0. The van der Waals surface area contributed by atoms with Gasteiger partial charge >= 0.3 is 0 Å². The number of H-pyrrole nitrogens is 1. The maximum absolute atomic E-state index is 13.1. The number of halogens is 1. The molecule has 2 aromatic rings. The van der Waals surface area contributed by atoms with Gasteiger partial charge < -0.3 is 9.72 Å². The predicted molar refractivity (Wildman–Crippen MR) is 47.2 cm³/mol. The van der Waals surface area contributed by atoms with Gasteiger partial charge in [0.1, 0.15) is 5.52 Å². The number of imidazole rings is 1. The molecule has 4 heteroatoms. The van der Waals surface area contributed by atoms with E-state index in [9.17, 15) is 4.39 Å². The number of ether oxygens (including phenoxy) is 1. The van der Waals surface area contributed by atoms with Gasteiger partial charge in [-0.15, -0.1) is 0 Å². The summed E-state index contributed by atoms with van der Waals surface area (Å²) in [5.74, 6) is -0.334. The van der Waals surface area contributed by atoms with Crippen molar-refractivity contribution in [3.8, 4) is 6.01 Å². The van der Waals surface area contributed by atoms with Crippen LogP contribution < -0.4 is 4.74 Å². The van der Waals surface area contributed by atoms with Crippen LogP contribution in [0.3, 0.4) is 0 Å². The Hall–Kier alpha value is -1.58. The van der Waals surface area contributed by atoms with Gasteiger partial charge in [0.15, 0.2) is 5.82 Å². The first-order valence-corrected chi connectivity index (χ1v) is 4.08. The Morgan fingerprint density at radius 1 is 1.54 bits per heavy atom. The molecule has 1 aromatic carbocycles. The fourth-order valence-corrected chi connectivity index (χ4v) is 1.18. The molecule has 3 nitrogen and oxygen atoms in total. The molecule has 0 aliphatic heterocycles. The molecule has 0 aliphatic carbocycles. The monoisotopic (exact) mass is 180 g/mol. The Balaban J connectivity index is 2.55. The van der Waals surface area contributed by atoms with Crippen LogP contribution >= 0.6 is 0 Å². The predicted octanol–water partition coefficient (Wildman–Crippen LogP) is 2.10. The van der Waals surface area contributed by atoms with E-state index in [4.69, 9.17) is 4.74 Å². The van der Waals surface area contributed by atoms with Crippen LogP contribution in [0, 0.1) is 5.82 Å². The highest BCUT2D eigenvalue weighted by atomic mass is 19.1. The summed E-state index contributed by atoms with van der Waals surface area (Å²) in [5.41, 5.74) is 0.981. The lowest BCUT2D eigenvalue weighted by atomic mass is 10.3. The number of nitrogens with one attached hydrogen (secondary N) is 1. The van der Waals surface area contributed by atoms with E-state index in [-0.39, 0.29) is 5.82 Å². The first-order valence-electron chi connectivity index (χ1n) is 4.08. The Morgan fingerprint density at radius 3 is 3.08 bits per heavy atom. The Labute approximate surface area is 74.6 Å². The van der Waals surface area contributed by atoms with Crippen LogP contribution in [0.15, 0.2) is 18.2 Å². The second-order valence-electron chi connectivity index (χ2n) is 2.61. The fraction of sp³-hybridized carbons (Fsp3) is 0.222. The maximum Gasteiger partial charge on any atom is 0.294 e. The molecule has 0 unspecified atom stereocenters. The van der Waals surface area contributed by atoms with Crippen LogP contribution in [-0.4, -0.2) is 16.6 Å². The van der Waals surface area contributed by atoms with Crippen molar-refractivity contribution in [3.05, 3.63) is 24.0 Å². The number of hydrogen-bond donors (Lipinski definition) is 1. The number of para-hydroxylation sites is 1. The van der Waals surface area contributed by atoms with Crippen LogP contribution in [-0.2, 0) is 0 Å². The largest absolute Gasteiger partial charge is 0.465 e. The SMILES string of the molecule is CCOc1nc2c(F)cccc2[nH]1. The minimum atomic E-state index is -0.334. The first-order chi connectivity index (χ1) is 6.31. The number of aromatic nitrogens is 2. The van der Waals surface area contributed by atoms with Crippen molar-refractivity contribution in [2.75, 3.05) is 6.61 Å². The van der Waals surface area contributed by atoms with Crippen LogP contribution in [0.4, 0.5) is 4.39 Å². The van der Waals surface area contributed by atoms with Gasteiger partial charge in [0.2, 0.25) is 0 Å². The summed E-state index contributed by atoms with van der Waals surface area (Å²) >= 11 is 0.